The van der Waals surface area contributed by atoms with Gasteiger partial charge < -0.3 is 20.5 Å². The summed E-state index contributed by atoms with van der Waals surface area (Å²) in [4.78, 5) is 25.2. The second-order valence-corrected chi connectivity index (χ2v) is 6.15. The molecule has 1 aromatic carbocycles. The van der Waals surface area contributed by atoms with Crippen molar-refractivity contribution in [2.24, 2.45) is 5.73 Å². The molecule has 7 nitrogen and oxygen atoms in total. The summed E-state index contributed by atoms with van der Waals surface area (Å²) in [7, 11) is 0. The van der Waals surface area contributed by atoms with E-state index in [1.165, 1.54) is 0 Å². The van der Waals surface area contributed by atoms with Crippen molar-refractivity contribution in [3.8, 4) is 5.75 Å². The predicted molar refractivity (Wildman–Crippen MR) is 91.8 cm³/mol. The maximum atomic E-state index is 12.2. The number of carbonyl (C=O) groups is 2. The van der Waals surface area contributed by atoms with E-state index in [4.69, 9.17) is 15.2 Å². The topological polar surface area (TPSA) is 93.9 Å². The number of hydrogen-bond acceptors (Lipinski definition) is 5. The highest BCUT2D eigenvalue weighted by atomic mass is 16.6. The minimum absolute atomic E-state index is 0.0558. The van der Waals surface area contributed by atoms with Gasteiger partial charge in [-0.15, -0.1) is 0 Å². The first-order valence-corrected chi connectivity index (χ1v) is 7.97. The summed E-state index contributed by atoms with van der Waals surface area (Å²) in [6.45, 7) is 7.36. The van der Waals surface area contributed by atoms with Crippen LogP contribution in [0.5, 0.6) is 5.75 Å². The van der Waals surface area contributed by atoms with Gasteiger partial charge in [0, 0.05) is 13.1 Å². The number of rotatable bonds is 6. The fraction of sp³-hybridized carbons (Fsp3) is 0.529. The monoisotopic (exact) mass is 337 g/mol. The van der Waals surface area contributed by atoms with Crippen LogP contribution < -0.4 is 15.8 Å². The van der Waals surface area contributed by atoms with Crippen molar-refractivity contribution in [2.45, 2.75) is 39.7 Å². The quantitative estimate of drug-likeness (QED) is 0.778. The predicted octanol–water partition coefficient (Wildman–Crippen LogP) is 2.49. The Morgan fingerprint density at radius 1 is 1.25 bits per heavy atom. The van der Waals surface area contributed by atoms with Gasteiger partial charge in [0.25, 0.3) is 0 Å². The maximum absolute atomic E-state index is 12.2. The zero-order valence-electron chi connectivity index (χ0n) is 14.8. The summed E-state index contributed by atoms with van der Waals surface area (Å²) in [6.07, 6.45) is 0.0841. The van der Waals surface area contributed by atoms with Gasteiger partial charge in [-0.05, 0) is 38.8 Å². The van der Waals surface area contributed by atoms with Gasteiger partial charge in [-0.3, -0.25) is 0 Å². The zero-order valence-corrected chi connectivity index (χ0v) is 14.8. The van der Waals surface area contributed by atoms with Gasteiger partial charge >= 0.3 is 12.1 Å². The summed E-state index contributed by atoms with van der Waals surface area (Å²) < 4.78 is 10.8. The Bertz CT molecular complexity index is 555. The van der Waals surface area contributed by atoms with Gasteiger partial charge in [0.15, 0.2) is 6.73 Å². The molecular formula is C17H27N3O4. The van der Waals surface area contributed by atoms with Crippen LogP contribution >= 0.6 is 0 Å². The summed E-state index contributed by atoms with van der Waals surface area (Å²) >= 11 is 0. The Kier molecular flexibility index (Phi) is 7.51. The van der Waals surface area contributed by atoms with Crippen molar-refractivity contribution < 1.29 is 19.1 Å². The number of nitrogens with one attached hydrogen (secondary N) is 1. The molecule has 0 radical (unpaired) electrons. The van der Waals surface area contributed by atoms with E-state index in [-0.39, 0.29) is 19.8 Å². The van der Waals surface area contributed by atoms with Gasteiger partial charge in [0.2, 0.25) is 0 Å². The molecule has 0 bridgehead atoms. The number of carbonyl (C=O) groups excluding carboxylic acids is 2. The van der Waals surface area contributed by atoms with E-state index in [9.17, 15) is 9.59 Å². The van der Waals surface area contributed by atoms with Gasteiger partial charge in [0.1, 0.15) is 11.4 Å². The van der Waals surface area contributed by atoms with Crippen molar-refractivity contribution in [1.29, 1.82) is 0 Å². The number of urea groups is 1. The van der Waals surface area contributed by atoms with Crippen LogP contribution in [0.2, 0.25) is 0 Å². The lowest BCUT2D eigenvalue weighted by atomic mass is 10.1. The molecule has 0 saturated heterocycles. The fourth-order valence-corrected chi connectivity index (χ4v) is 1.93. The van der Waals surface area contributed by atoms with Crippen molar-refractivity contribution in [2.75, 3.05) is 19.8 Å². The summed E-state index contributed by atoms with van der Waals surface area (Å²) in [5.41, 5.74) is 5.81. The summed E-state index contributed by atoms with van der Waals surface area (Å²) in [5, 5.41) is 2.54. The third kappa shape index (κ3) is 6.45. The first kappa shape index (κ1) is 19.8. The van der Waals surface area contributed by atoms with Crippen LogP contribution in [0.4, 0.5) is 9.59 Å². The summed E-state index contributed by atoms with van der Waals surface area (Å²) in [6, 6.07) is 6.96. The van der Waals surface area contributed by atoms with Crippen LogP contribution in [0.1, 0.15) is 33.3 Å². The van der Waals surface area contributed by atoms with Crippen LogP contribution in [0.3, 0.4) is 0 Å². The zero-order chi connectivity index (χ0) is 18.2. The molecule has 0 spiro atoms. The first-order valence-electron chi connectivity index (χ1n) is 7.97. The minimum atomic E-state index is -0.737. The molecule has 1 rings (SSSR count). The average Bonchev–Trinajstić information content (AvgIpc) is 2.51. The van der Waals surface area contributed by atoms with Gasteiger partial charge in [0.05, 0.1) is 0 Å². The molecule has 0 aliphatic heterocycles. The molecule has 0 unspecified atom stereocenters. The number of nitrogens with two attached hydrogens (primary N) is 1. The van der Waals surface area contributed by atoms with Crippen molar-refractivity contribution in [1.82, 2.24) is 10.2 Å². The number of ether oxygens (including phenoxy) is 2. The van der Waals surface area contributed by atoms with Crippen molar-refractivity contribution >= 4 is 12.1 Å². The standard InChI is InChI=1S/C17H27N3O4/c1-5-13-8-6-7-9-14(13)23-12-19-15(21)20(11-10-18)16(22)24-17(2,3)4/h6-9H,5,10-12,18H2,1-4H3,(H,19,21). The summed E-state index contributed by atoms with van der Waals surface area (Å²) in [5.74, 6) is 0.697. The SMILES string of the molecule is CCc1ccccc1OCNC(=O)N(CCN)C(=O)OC(C)(C)C. The van der Waals surface area contributed by atoms with Gasteiger partial charge in [-0.25, -0.2) is 14.5 Å². The lowest BCUT2D eigenvalue weighted by Gasteiger charge is -2.26. The normalized spacial score (nSPS) is 10.9. The largest absolute Gasteiger partial charge is 0.473 e. The van der Waals surface area contributed by atoms with E-state index in [0.29, 0.717) is 5.75 Å². The van der Waals surface area contributed by atoms with E-state index in [2.05, 4.69) is 5.32 Å². The molecule has 3 N–H and O–H groups in total. The lowest BCUT2D eigenvalue weighted by Crippen LogP contribution is -2.48. The van der Waals surface area contributed by atoms with E-state index >= 15 is 0 Å². The van der Waals surface area contributed by atoms with Crippen LogP contribution in [-0.2, 0) is 11.2 Å². The van der Waals surface area contributed by atoms with E-state index in [1.54, 1.807) is 20.8 Å². The highest BCUT2D eigenvalue weighted by molar-refractivity contribution is 5.91. The fourth-order valence-electron chi connectivity index (χ4n) is 1.93. The van der Waals surface area contributed by atoms with Gasteiger partial charge in [-0.1, -0.05) is 25.1 Å². The Morgan fingerprint density at radius 2 is 1.92 bits per heavy atom. The number of nitrogens with zero attached hydrogens (tertiary/aromatic N) is 1. The molecule has 134 valence electrons. The third-order valence-corrected chi connectivity index (χ3v) is 3.02. The molecule has 0 fully saturated rings. The molecule has 0 heterocycles. The minimum Gasteiger partial charge on any atom is -0.473 e. The van der Waals surface area contributed by atoms with Crippen LogP contribution in [0, 0.1) is 0 Å². The Balaban J connectivity index is 2.61. The number of aryl methyl sites for hydroxylation is 1. The van der Waals surface area contributed by atoms with Crippen LogP contribution in [0.25, 0.3) is 0 Å². The van der Waals surface area contributed by atoms with E-state index in [0.717, 1.165) is 16.9 Å². The Morgan fingerprint density at radius 3 is 2.50 bits per heavy atom. The third-order valence-electron chi connectivity index (χ3n) is 3.02. The van der Waals surface area contributed by atoms with E-state index in [1.807, 2.05) is 31.2 Å². The molecule has 7 heteroatoms. The number of hydrogen-bond donors (Lipinski definition) is 2. The molecular weight excluding hydrogens is 310 g/mol. The molecule has 1 aromatic rings. The van der Waals surface area contributed by atoms with Crippen molar-refractivity contribution in [3.63, 3.8) is 0 Å². The van der Waals surface area contributed by atoms with Gasteiger partial charge in [-0.2, -0.15) is 0 Å². The van der Waals surface area contributed by atoms with Crippen molar-refractivity contribution in [3.05, 3.63) is 29.8 Å². The van der Waals surface area contributed by atoms with E-state index < -0.39 is 17.7 Å². The number of imide groups is 1. The molecule has 24 heavy (non-hydrogen) atoms. The molecule has 0 aliphatic rings. The highest BCUT2D eigenvalue weighted by Gasteiger charge is 2.26. The first-order chi connectivity index (χ1) is 11.3. The maximum Gasteiger partial charge on any atom is 0.418 e. The highest BCUT2D eigenvalue weighted by Crippen LogP contribution is 2.17. The number of amides is 3. The second-order valence-electron chi connectivity index (χ2n) is 6.15. The molecule has 0 aliphatic carbocycles. The molecule has 0 aromatic heterocycles. The van der Waals surface area contributed by atoms with Crippen LogP contribution in [0.15, 0.2) is 24.3 Å². The number of para-hydroxylation sites is 1. The average molecular weight is 337 g/mol. The lowest BCUT2D eigenvalue weighted by molar-refractivity contribution is 0.0321. The molecule has 3 amide bonds. The molecule has 0 atom stereocenters. The molecule has 0 saturated carbocycles. The Labute approximate surface area is 143 Å². The second kappa shape index (κ2) is 9.12. The van der Waals surface area contributed by atoms with Crippen LogP contribution in [-0.4, -0.2) is 42.4 Å². The Hall–Kier alpha value is -2.28. The smallest absolute Gasteiger partial charge is 0.418 e. The number of benzene rings is 1.